The van der Waals surface area contributed by atoms with Gasteiger partial charge in [-0.15, -0.1) is 0 Å². The van der Waals surface area contributed by atoms with Crippen LogP contribution < -0.4 is 0 Å². The average molecular weight is 178 g/mol. The first-order valence-electron chi connectivity index (χ1n) is 5.44. The van der Waals surface area contributed by atoms with Gasteiger partial charge in [-0.25, -0.2) is 0 Å². The molecule has 0 aromatic heterocycles. The van der Waals surface area contributed by atoms with Crippen molar-refractivity contribution >= 4 is 5.78 Å². The molecule has 2 aliphatic rings. The average Bonchev–Trinajstić information content (AvgIpc) is 2.39. The highest BCUT2D eigenvalue weighted by Crippen LogP contribution is 2.42. The molecule has 1 saturated carbocycles. The molecule has 1 nitrogen and oxygen atoms in total. The Hall–Kier alpha value is -0.590. The Morgan fingerprint density at radius 1 is 1.38 bits per heavy atom. The maximum Gasteiger partial charge on any atom is 0.159 e. The molecule has 13 heavy (non-hydrogen) atoms. The van der Waals surface area contributed by atoms with Crippen molar-refractivity contribution in [2.75, 3.05) is 0 Å². The number of ketones is 1. The van der Waals surface area contributed by atoms with Crippen molar-refractivity contribution in [2.45, 2.75) is 39.5 Å². The zero-order valence-corrected chi connectivity index (χ0v) is 8.55. The Morgan fingerprint density at radius 3 is 2.85 bits per heavy atom. The monoisotopic (exact) mass is 178 g/mol. The van der Waals surface area contributed by atoms with Crippen LogP contribution in [0.15, 0.2) is 11.6 Å². The van der Waals surface area contributed by atoms with E-state index < -0.39 is 0 Å². The van der Waals surface area contributed by atoms with Crippen LogP contribution in [0.4, 0.5) is 0 Å². The Labute approximate surface area is 80.2 Å². The first-order chi connectivity index (χ1) is 6.20. The van der Waals surface area contributed by atoms with Crippen LogP contribution in [0.3, 0.4) is 0 Å². The molecule has 72 valence electrons. The van der Waals surface area contributed by atoms with Crippen LogP contribution in [-0.4, -0.2) is 5.78 Å². The lowest BCUT2D eigenvalue weighted by Gasteiger charge is -2.28. The molecule has 0 radical (unpaired) electrons. The van der Waals surface area contributed by atoms with E-state index in [1.165, 1.54) is 31.3 Å². The van der Waals surface area contributed by atoms with Gasteiger partial charge >= 0.3 is 0 Å². The van der Waals surface area contributed by atoms with Gasteiger partial charge in [0.05, 0.1) is 0 Å². The lowest BCUT2D eigenvalue weighted by Crippen LogP contribution is -2.24. The highest BCUT2D eigenvalue weighted by atomic mass is 16.1. The van der Waals surface area contributed by atoms with Crippen molar-refractivity contribution in [1.29, 1.82) is 0 Å². The second-order valence-corrected chi connectivity index (χ2v) is 4.74. The lowest BCUT2D eigenvalue weighted by atomic mass is 9.76. The molecule has 2 unspecified atom stereocenters. The molecule has 0 bridgehead atoms. The maximum absolute atomic E-state index is 11.7. The van der Waals surface area contributed by atoms with Crippen LogP contribution in [0.2, 0.25) is 0 Å². The van der Waals surface area contributed by atoms with Gasteiger partial charge in [-0.05, 0) is 37.2 Å². The second kappa shape index (κ2) is 3.28. The van der Waals surface area contributed by atoms with Gasteiger partial charge in [0.25, 0.3) is 0 Å². The topological polar surface area (TPSA) is 17.1 Å². The smallest absolute Gasteiger partial charge is 0.159 e. The fourth-order valence-corrected chi connectivity index (χ4v) is 2.92. The molecule has 2 aliphatic carbocycles. The molecule has 0 aromatic carbocycles. The molecule has 0 amide bonds. The van der Waals surface area contributed by atoms with E-state index in [1.807, 2.05) is 6.08 Å². The Bertz CT molecular complexity index is 250. The van der Waals surface area contributed by atoms with Gasteiger partial charge in [0.1, 0.15) is 0 Å². The van der Waals surface area contributed by atoms with Crippen molar-refractivity contribution in [3.8, 4) is 0 Å². The summed E-state index contributed by atoms with van der Waals surface area (Å²) in [6.07, 6.45) is 6.98. The predicted molar refractivity (Wildman–Crippen MR) is 53.4 cm³/mol. The summed E-state index contributed by atoms with van der Waals surface area (Å²) < 4.78 is 0. The van der Waals surface area contributed by atoms with Crippen molar-refractivity contribution in [1.82, 2.24) is 0 Å². The van der Waals surface area contributed by atoms with Crippen molar-refractivity contribution in [3.05, 3.63) is 11.6 Å². The normalized spacial score (nSPS) is 33.5. The zero-order chi connectivity index (χ0) is 9.42. The summed E-state index contributed by atoms with van der Waals surface area (Å²) in [5.41, 5.74) is 1.45. The summed E-state index contributed by atoms with van der Waals surface area (Å²) in [5.74, 6) is 1.85. The molecule has 0 spiro atoms. The van der Waals surface area contributed by atoms with Crippen LogP contribution in [0, 0.1) is 17.8 Å². The summed E-state index contributed by atoms with van der Waals surface area (Å²) in [4.78, 5) is 11.7. The van der Waals surface area contributed by atoms with Gasteiger partial charge in [-0.2, -0.15) is 0 Å². The van der Waals surface area contributed by atoms with Crippen molar-refractivity contribution < 1.29 is 4.79 Å². The van der Waals surface area contributed by atoms with Crippen molar-refractivity contribution in [2.24, 2.45) is 17.8 Å². The summed E-state index contributed by atoms with van der Waals surface area (Å²) in [7, 11) is 0. The van der Waals surface area contributed by atoms with Crippen LogP contribution >= 0.6 is 0 Å². The van der Waals surface area contributed by atoms with E-state index in [-0.39, 0.29) is 0 Å². The molecule has 0 aliphatic heterocycles. The van der Waals surface area contributed by atoms with Crippen LogP contribution in [0.25, 0.3) is 0 Å². The number of carbonyl (C=O) groups excluding carboxylic acids is 1. The fraction of sp³-hybridized carbons (Fsp3) is 0.750. The first-order valence-corrected chi connectivity index (χ1v) is 5.44. The molecule has 0 aromatic rings. The van der Waals surface area contributed by atoms with E-state index in [2.05, 4.69) is 13.8 Å². The van der Waals surface area contributed by atoms with Gasteiger partial charge in [-0.1, -0.05) is 25.8 Å². The van der Waals surface area contributed by atoms with E-state index >= 15 is 0 Å². The largest absolute Gasteiger partial charge is 0.295 e. The third-order valence-corrected chi connectivity index (χ3v) is 3.51. The highest BCUT2D eigenvalue weighted by Gasteiger charge is 2.38. The number of fused-ring (bicyclic) bond motifs is 1. The SMILES string of the molecule is CC(C)C1C(=O)C=C2CCCCC21. The molecular weight excluding hydrogens is 160 g/mol. The molecule has 0 N–H and O–H groups in total. The third kappa shape index (κ3) is 1.45. The van der Waals surface area contributed by atoms with Gasteiger partial charge in [0, 0.05) is 5.92 Å². The fourth-order valence-electron chi connectivity index (χ4n) is 2.92. The predicted octanol–water partition coefficient (Wildman–Crippen LogP) is 2.96. The highest BCUT2D eigenvalue weighted by molar-refractivity contribution is 5.95. The van der Waals surface area contributed by atoms with E-state index in [0.29, 0.717) is 23.5 Å². The number of rotatable bonds is 1. The molecule has 2 rings (SSSR count). The Kier molecular flexibility index (Phi) is 2.27. The minimum Gasteiger partial charge on any atom is -0.295 e. The van der Waals surface area contributed by atoms with Gasteiger partial charge in [0.2, 0.25) is 0 Å². The van der Waals surface area contributed by atoms with Gasteiger partial charge in [-0.3, -0.25) is 4.79 Å². The van der Waals surface area contributed by atoms with E-state index in [0.717, 1.165) is 0 Å². The zero-order valence-electron chi connectivity index (χ0n) is 8.55. The summed E-state index contributed by atoms with van der Waals surface area (Å²) in [6.45, 7) is 4.35. The Balaban J connectivity index is 2.20. The maximum atomic E-state index is 11.7. The molecular formula is C12H18O. The number of carbonyl (C=O) groups is 1. The quantitative estimate of drug-likeness (QED) is 0.603. The van der Waals surface area contributed by atoms with E-state index in [4.69, 9.17) is 0 Å². The van der Waals surface area contributed by atoms with Crippen molar-refractivity contribution in [3.63, 3.8) is 0 Å². The number of hydrogen-bond acceptors (Lipinski definition) is 1. The van der Waals surface area contributed by atoms with E-state index in [9.17, 15) is 4.79 Å². The van der Waals surface area contributed by atoms with Gasteiger partial charge < -0.3 is 0 Å². The molecule has 2 atom stereocenters. The first kappa shape index (κ1) is 8.98. The summed E-state index contributed by atoms with van der Waals surface area (Å²) in [5, 5.41) is 0. The molecule has 0 saturated heterocycles. The van der Waals surface area contributed by atoms with E-state index in [1.54, 1.807) is 0 Å². The summed E-state index contributed by atoms with van der Waals surface area (Å²) >= 11 is 0. The minimum atomic E-state index is 0.315. The Morgan fingerprint density at radius 2 is 2.15 bits per heavy atom. The number of hydrogen-bond donors (Lipinski definition) is 0. The standard InChI is InChI=1S/C12H18O/c1-8(2)12-10-6-4-3-5-9(10)7-11(12)13/h7-8,10,12H,3-6H2,1-2H3. The summed E-state index contributed by atoms with van der Waals surface area (Å²) in [6, 6.07) is 0. The third-order valence-electron chi connectivity index (χ3n) is 3.51. The minimum absolute atomic E-state index is 0.315. The number of allylic oxidation sites excluding steroid dienone is 2. The molecule has 0 heterocycles. The van der Waals surface area contributed by atoms with Gasteiger partial charge in [0.15, 0.2) is 5.78 Å². The van der Waals surface area contributed by atoms with Crippen LogP contribution in [0.1, 0.15) is 39.5 Å². The molecule has 1 heteroatoms. The second-order valence-electron chi connectivity index (χ2n) is 4.74. The van der Waals surface area contributed by atoms with Crippen LogP contribution in [0.5, 0.6) is 0 Å². The lowest BCUT2D eigenvalue weighted by molar-refractivity contribution is -0.119. The van der Waals surface area contributed by atoms with Crippen LogP contribution in [-0.2, 0) is 4.79 Å². The molecule has 1 fully saturated rings.